The molecule has 1 saturated heterocycles. The van der Waals surface area contributed by atoms with Gasteiger partial charge in [0.1, 0.15) is 5.67 Å². The van der Waals surface area contributed by atoms with Gasteiger partial charge in [0.15, 0.2) is 0 Å². The number of aromatic nitrogens is 1. The molecular weight excluding hydrogens is 223 g/mol. The van der Waals surface area contributed by atoms with Gasteiger partial charge in [-0.25, -0.2) is 9.37 Å². The van der Waals surface area contributed by atoms with Crippen molar-refractivity contribution in [2.24, 2.45) is 0 Å². The van der Waals surface area contributed by atoms with Gasteiger partial charge in [-0.05, 0) is 13.0 Å². The molecule has 1 unspecified atom stereocenters. The first-order chi connectivity index (χ1) is 7.39. The Balaban J connectivity index is 2.08. The minimum Gasteiger partial charge on any atom is -0.313 e. The van der Waals surface area contributed by atoms with E-state index in [0.29, 0.717) is 19.4 Å². The lowest BCUT2D eigenvalue weighted by Gasteiger charge is -2.17. The molecule has 1 fully saturated rings. The molecule has 1 aromatic rings. The van der Waals surface area contributed by atoms with Crippen molar-refractivity contribution in [2.45, 2.75) is 44.7 Å². The maximum atomic E-state index is 14.2. The molecule has 2 heterocycles. The highest BCUT2D eigenvalue weighted by Gasteiger charge is 2.35. The third kappa shape index (κ3) is 2.61. The van der Waals surface area contributed by atoms with Crippen molar-refractivity contribution in [1.82, 2.24) is 10.3 Å². The Bertz CT molecular complexity index is 361. The fourth-order valence-corrected chi connectivity index (χ4v) is 3.02. The molecule has 16 heavy (non-hydrogen) atoms. The van der Waals surface area contributed by atoms with Crippen molar-refractivity contribution in [3.05, 3.63) is 16.1 Å². The van der Waals surface area contributed by atoms with Crippen LogP contribution in [0, 0.1) is 0 Å². The van der Waals surface area contributed by atoms with Gasteiger partial charge in [0.05, 0.1) is 10.7 Å². The monoisotopic (exact) mass is 242 g/mol. The van der Waals surface area contributed by atoms with Gasteiger partial charge in [-0.15, -0.1) is 11.3 Å². The summed E-state index contributed by atoms with van der Waals surface area (Å²) in [6, 6.07) is 0. The van der Waals surface area contributed by atoms with E-state index in [9.17, 15) is 4.39 Å². The Morgan fingerprint density at radius 3 is 2.81 bits per heavy atom. The first-order valence-corrected chi connectivity index (χ1v) is 6.62. The Morgan fingerprint density at radius 2 is 2.31 bits per heavy atom. The number of nitrogens with zero attached hydrogens (tertiary/aromatic N) is 1. The van der Waals surface area contributed by atoms with Crippen molar-refractivity contribution >= 4 is 11.3 Å². The topological polar surface area (TPSA) is 24.9 Å². The Labute approximate surface area is 100 Å². The van der Waals surface area contributed by atoms with Crippen LogP contribution in [0.25, 0.3) is 0 Å². The van der Waals surface area contributed by atoms with E-state index in [-0.39, 0.29) is 5.41 Å². The molecule has 2 nitrogen and oxygen atoms in total. The van der Waals surface area contributed by atoms with Gasteiger partial charge in [0.25, 0.3) is 0 Å². The molecule has 1 aliphatic heterocycles. The molecule has 1 aromatic heterocycles. The normalized spacial score (nSPS) is 26.2. The van der Waals surface area contributed by atoms with E-state index in [4.69, 9.17) is 0 Å². The van der Waals surface area contributed by atoms with Crippen LogP contribution in [-0.4, -0.2) is 23.7 Å². The molecule has 1 atom stereocenters. The van der Waals surface area contributed by atoms with Crippen LogP contribution in [0.5, 0.6) is 0 Å². The van der Waals surface area contributed by atoms with Crippen molar-refractivity contribution in [1.29, 1.82) is 0 Å². The predicted octanol–water partition coefficient (Wildman–Crippen LogP) is 2.68. The van der Waals surface area contributed by atoms with Crippen molar-refractivity contribution < 1.29 is 4.39 Å². The number of hydrogen-bond donors (Lipinski definition) is 1. The molecule has 0 aromatic carbocycles. The van der Waals surface area contributed by atoms with Gasteiger partial charge in [0.2, 0.25) is 0 Å². The Morgan fingerprint density at radius 1 is 1.56 bits per heavy atom. The average molecular weight is 242 g/mol. The van der Waals surface area contributed by atoms with E-state index in [0.717, 1.165) is 17.2 Å². The molecule has 0 amide bonds. The second kappa shape index (κ2) is 4.08. The summed E-state index contributed by atoms with van der Waals surface area (Å²) in [7, 11) is 0. The Hall–Kier alpha value is -0.480. The van der Waals surface area contributed by atoms with Gasteiger partial charge in [-0.1, -0.05) is 20.8 Å². The second-order valence-electron chi connectivity index (χ2n) is 5.63. The van der Waals surface area contributed by atoms with E-state index in [1.807, 2.05) is 0 Å². The minimum atomic E-state index is -1.08. The number of rotatable bonds is 2. The first-order valence-electron chi connectivity index (χ1n) is 5.74. The zero-order valence-corrected chi connectivity index (χ0v) is 11.0. The third-order valence-corrected chi connectivity index (χ3v) is 3.83. The zero-order valence-electron chi connectivity index (χ0n) is 10.1. The molecule has 0 radical (unpaired) electrons. The summed E-state index contributed by atoms with van der Waals surface area (Å²) in [5, 5.41) is 6.06. The number of halogens is 1. The number of alkyl halides is 1. The van der Waals surface area contributed by atoms with Crippen LogP contribution >= 0.6 is 11.3 Å². The second-order valence-corrected chi connectivity index (χ2v) is 6.57. The molecular formula is C12H19FN2S. The third-order valence-electron chi connectivity index (χ3n) is 2.98. The van der Waals surface area contributed by atoms with Crippen molar-refractivity contribution in [3.63, 3.8) is 0 Å². The average Bonchev–Trinajstić information content (AvgIpc) is 2.74. The number of nitrogens with one attached hydrogen (secondary N) is 1. The summed E-state index contributed by atoms with van der Waals surface area (Å²) < 4.78 is 14.2. The lowest BCUT2D eigenvalue weighted by Crippen LogP contribution is -2.28. The van der Waals surface area contributed by atoms with E-state index in [1.54, 1.807) is 11.3 Å². The molecule has 0 saturated carbocycles. The summed E-state index contributed by atoms with van der Waals surface area (Å²) in [6.07, 6.45) is 1.07. The summed E-state index contributed by atoms with van der Waals surface area (Å²) in [5.41, 5.74) is 0.0566. The fourth-order valence-electron chi connectivity index (χ4n) is 1.87. The van der Waals surface area contributed by atoms with Gasteiger partial charge in [0, 0.05) is 23.8 Å². The number of thiazole rings is 1. The largest absolute Gasteiger partial charge is 0.313 e. The highest BCUT2D eigenvalue weighted by Crippen LogP contribution is 2.29. The Kier molecular flexibility index (Phi) is 3.05. The molecule has 2 rings (SSSR count). The molecule has 0 aliphatic carbocycles. The molecule has 1 aliphatic rings. The van der Waals surface area contributed by atoms with Gasteiger partial charge in [-0.2, -0.15) is 0 Å². The standard InChI is InChI=1S/C12H19FN2S/c1-11(2,3)9-7-16-10(15-9)6-12(13)4-5-14-8-12/h7,14H,4-6,8H2,1-3H3. The highest BCUT2D eigenvalue weighted by atomic mass is 32.1. The molecule has 90 valence electrons. The molecule has 4 heteroatoms. The van der Waals surface area contributed by atoms with E-state index >= 15 is 0 Å². The van der Waals surface area contributed by atoms with Crippen LogP contribution in [0.2, 0.25) is 0 Å². The van der Waals surface area contributed by atoms with Crippen LogP contribution in [0.4, 0.5) is 4.39 Å². The smallest absolute Gasteiger partial charge is 0.130 e. The summed E-state index contributed by atoms with van der Waals surface area (Å²) >= 11 is 1.58. The fraction of sp³-hybridized carbons (Fsp3) is 0.750. The SMILES string of the molecule is CC(C)(C)c1csc(CC2(F)CCNC2)n1. The van der Waals surface area contributed by atoms with E-state index in [1.165, 1.54) is 0 Å². The van der Waals surface area contributed by atoms with Gasteiger partial charge < -0.3 is 5.32 Å². The molecule has 0 bridgehead atoms. The number of hydrogen-bond acceptors (Lipinski definition) is 3. The lowest BCUT2D eigenvalue weighted by atomic mass is 9.93. The van der Waals surface area contributed by atoms with Crippen LogP contribution in [0.15, 0.2) is 5.38 Å². The molecule has 0 spiro atoms. The van der Waals surface area contributed by atoms with Crippen molar-refractivity contribution in [3.8, 4) is 0 Å². The minimum absolute atomic E-state index is 0.0617. The quantitative estimate of drug-likeness (QED) is 0.862. The van der Waals surface area contributed by atoms with Crippen LogP contribution in [0.1, 0.15) is 37.9 Å². The van der Waals surface area contributed by atoms with Crippen LogP contribution < -0.4 is 5.32 Å². The van der Waals surface area contributed by atoms with Gasteiger partial charge >= 0.3 is 0 Å². The highest BCUT2D eigenvalue weighted by molar-refractivity contribution is 7.09. The maximum Gasteiger partial charge on any atom is 0.130 e. The molecule has 1 N–H and O–H groups in total. The van der Waals surface area contributed by atoms with E-state index < -0.39 is 5.67 Å². The lowest BCUT2D eigenvalue weighted by molar-refractivity contribution is 0.190. The summed E-state index contributed by atoms with van der Waals surface area (Å²) in [6.45, 7) is 7.65. The maximum absolute atomic E-state index is 14.2. The zero-order chi connectivity index (χ0) is 11.8. The van der Waals surface area contributed by atoms with Gasteiger partial charge in [-0.3, -0.25) is 0 Å². The summed E-state index contributed by atoms with van der Waals surface area (Å²) in [4.78, 5) is 4.54. The van der Waals surface area contributed by atoms with Crippen molar-refractivity contribution in [2.75, 3.05) is 13.1 Å². The van der Waals surface area contributed by atoms with E-state index in [2.05, 4.69) is 36.5 Å². The van der Waals surface area contributed by atoms with Crippen LogP contribution in [0.3, 0.4) is 0 Å². The van der Waals surface area contributed by atoms with Crippen LogP contribution in [-0.2, 0) is 11.8 Å². The summed E-state index contributed by atoms with van der Waals surface area (Å²) in [5.74, 6) is 0. The predicted molar refractivity (Wildman–Crippen MR) is 65.8 cm³/mol. The first kappa shape index (κ1) is 12.0.